The van der Waals surface area contributed by atoms with Crippen molar-refractivity contribution in [3.05, 3.63) is 71.9 Å². The van der Waals surface area contributed by atoms with Crippen LogP contribution in [0.15, 0.2) is 70.8 Å². The summed E-state index contributed by atoms with van der Waals surface area (Å²) in [6.45, 7) is 4.97. The first kappa shape index (κ1) is 18.7. The first-order chi connectivity index (χ1) is 13.7. The Labute approximate surface area is 170 Å². The van der Waals surface area contributed by atoms with Gasteiger partial charge < -0.3 is 4.90 Å². The second-order valence-electron chi connectivity index (χ2n) is 6.92. The van der Waals surface area contributed by atoms with Crippen LogP contribution in [0.1, 0.15) is 31.4 Å². The van der Waals surface area contributed by atoms with Crippen molar-refractivity contribution < 1.29 is 4.79 Å². The van der Waals surface area contributed by atoms with E-state index in [4.69, 9.17) is 4.99 Å². The molecule has 2 aromatic rings. The highest BCUT2D eigenvalue weighted by molar-refractivity contribution is 8.27. The molecule has 0 aliphatic carbocycles. The zero-order valence-electron chi connectivity index (χ0n) is 16.1. The quantitative estimate of drug-likeness (QED) is 0.709. The smallest absolute Gasteiger partial charge is 0.223 e. The number of nitrogens with zero attached hydrogens (tertiary/aromatic N) is 3. The van der Waals surface area contributed by atoms with Crippen molar-refractivity contribution in [2.75, 3.05) is 11.4 Å². The van der Waals surface area contributed by atoms with Crippen LogP contribution in [0.25, 0.3) is 5.57 Å². The summed E-state index contributed by atoms with van der Waals surface area (Å²) >= 11 is 1.70. The van der Waals surface area contributed by atoms with Gasteiger partial charge in [-0.3, -0.25) is 14.8 Å². The van der Waals surface area contributed by atoms with Crippen molar-refractivity contribution in [2.45, 2.75) is 26.8 Å². The van der Waals surface area contributed by atoms with E-state index in [2.05, 4.69) is 29.3 Å². The summed E-state index contributed by atoms with van der Waals surface area (Å²) in [5, 5.41) is 2.28. The van der Waals surface area contributed by atoms with E-state index in [0.29, 0.717) is 13.1 Å². The summed E-state index contributed by atoms with van der Waals surface area (Å²) in [4.78, 5) is 23.1. The van der Waals surface area contributed by atoms with E-state index in [1.807, 2.05) is 43.5 Å². The monoisotopic (exact) mass is 389 g/mol. The third kappa shape index (κ3) is 3.80. The molecule has 1 unspecified atom stereocenters. The van der Waals surface area contributed by atoms with Crippen molar-refractivity contribution in [1.82, 2.24) is 0 Å². The summed E-state index contributed by atoms with van der Waals surface area (Å²) in [6, 6.07) is 18.5. The number of hydrogen-bond donors (Lipinski definition) is 0. The van der Waals surface area contributed by atoms with Gasteiger partial charge in [-0.05, 0) is 35.8 Å². The number of benzene rings is 2. The lowest BCUT2D eigenvalue weighted by molar-refractivity contribution is -0.116. The van der Waals surface area contributed by atoms with Gasteiger partial charge in [-0.1, -0.05) is 54.2 Å². The Bertz CT molecular complexity index is 978. The van der Waals surface area contributed by atoms with Crippen LogP contribution in [-0.2, 0) is 11.3 Å². The number of rotatable bonds is 5. The van der Waals surface area contributed by atoms with Gasteiger partial charge in [0.15, 0.2) is 0 Å². The van der Waals surface area contributed by atoms with Gasteiger partial charge in [0.2, 0.25) is 5.91 Å². The average Bonchev–Trinajstić information content (AvgIpc) is 3.28. The summed E-state index contributed by atoms with van der Waals surface area (Å²) in [5.41, 5.74) is 4.51. The normalized spacial score (nSPS) is 19.4. The van der Waals surface area contributed by atoms with E-state index in [0.717, 1.165) is 27.8 Å². The highest BCUT2D eigenvalue weighted by Gasteiger charge is 2.35. The Balaban J connectivity index is 1.51. The van der Waals surface area contributed by atoms with Crippen molar-refractivity contribution in [3.8, 4) is 0 Å². The molecule has 5 heteroatoms. The molecule has 0 spiro atoms. The number of hydrogen-bond acceptors (Lipinski definition) is 4. The predicted molar refractivity (Wildman–Crippen MR) is 119 cm³/mol. The van der Waals surface area contributed by atoms with E-state index in [1.54, 1.807) is 23.6 Å². The predicted octanol–water partition coefficient (Wildman–Crippen LogP) is 5.16. The lowest BCUT2D eigenvalue weighted by atomic mass is 9.93. The van der Waals surface area contributed by atoms with Crippen LogP contribution in [0.3, 0.4) is 0 Å². The number of anilines is 1. The van der Waals surface area contributed by atoms with Crippen molar-refractivity contribution in [2.24, 2.45) is 15.9 Å². The molecule has 4 rings (SSSR count). The van der Waals surface area contributed by atoms with E-state index in [-0.39, 0.29) is 11.8 Å². The van der Waals surface area contributed by atoms with Gasteiger partial charge in [-0.2, -0.15) is 0 Å². The molecule has 0 bridgehead atoms. The molecule has 2 aromatic carbocycles. The Morgan fingerprint density at radius 1 is 1.21 bits per heavy atom. The maximum atomic E-state index is 11.9. The summed E-state index contributed by atoms with van der Waals surface area (Å²) < 4.78 is 0. The van der Waals surface area contributed by atoms with Gasteiger partial charge in [0, 0.05) is 37.7 Å². The van der Waals surface area contributed by atoms with Crippen molar-refractivity contribution >= 4 is 39.0 Å². The Morgan fingerprint density at radius 2 is 2.04 bits per heavy atom. The largest absolute Gasteiger partial charge is 0.313 e. The first-order valence-corrected chi connectivity index (χ1v) is 10.4. The summed E-state index contributed by atoms with van der Waals surface area (Å²) in [7, 11) is 0. The molecule has 0 aromatic heterocycles. The Morgan fingerprint density at radius 3 is 2.79 bits per heavy atom. The lowest BCUT2D eigenvalue weighted by Crippen LogP contribution is -2.27. The number of allylic oxidation sites excluding steroid dienone is 1. The fraction of sp³-hybridized carbons (Fsp3) is 0.261. The third-order valence-electron chi connectivity index (χ3n) is 5.07. The molecule has 2 aliphatic rings. The zero-order valence-corrected chi connectivity index (χ0v) is 16.9. The topological polar surface area (TPSA) is 45.0 Å². The van der Waals surface area contributed by atoms with Crippen LogP contribution in [0, 0.1) is 5.92 Å². The van der Waals surface area contributed by atoms with E-state index in [1.165, 1.54) is 11.1 Å². The van der Waals surface area contributed by atoms with Crippen LogP contribution in [0.5, 0.6) is 0 Å². The van der Waals surface area contributed by atoms with Crippen LogP contribution < -0.4 is 4.90 Å². The van der Waals surface area contributed by atoms with Gasteiger partial charge in [0.25, 0.3) is 0 Å². The number of aliphatic imine (C=N–C) groups is 2. The maximum Gasteiger partial charge on any atom is 0.223 e. The number of carbonyl (C=O) groups is 1. The molecule has 0 N–H and O–H groups in total. The van der Waals surface area contributed by atoms with Gasteiger partial charge >= 0.3 is 0 Å². The summed E-state index contributed by atoms with van der Waals surface area (Å²) in [5.74, 6) is 0.339. The molecule has 1 saturated heterocycles. The number of fused-ring (bicyclic) bond motifs is 1. The van der Waals surface area contributed by atoms with Crippen LogP contribution in [0.4, 0.5) is 5.69 Å². The van der Waals surface area contributed by atoms with E-state index in [9.17, 15) is 4.79 Å². The van der Waals surface area contributed by atoms with E-state index < -0.39 is 0 Å². The lowest BCUT2D eigenvalue weighted by Gasteiger charge is -2.20. The van der Waals surface area contributed by atoms with Gasteiger partial charge in [0.1, 0.15) is 0 Å². The maximum absolute atomic E-state index is 11.9. The minimum atomic E-state index is 0.0590. The number of amides is 1. The molecule has 1 atom stereocenters. The standard InChI is InChI=1S/C23H23N3OS/c1-3-26(16(2)27)19-11-7-10-18(12-19)21-15-25-23-20(21)13-22(28-23)24-14-17-8-5-4-6-9-17/h4-12,15,20H,3,13-14H2,1-2H3. The zero-order chi connectivity index (χ0) is 19.5. The molecular weight excluding hydrogens is 366 g/mol. The third-order valence-corrected chi connectivity index (χ3v) is 6.20. The highest BCUT2D eigenvalue weighted by atomic mass is 32.2. The fourth-order valence-corrected chi connectivity index (χ4v) is 4.73. The van der Waals surface area contributed by atoms with Gasteiger partial charge in [-0.15, -0.1) is 0 Å². The fourth-order valence-electron chi connectivity index (χ4n) is 3.65. The minimum absolute atomic E-state index is 0.0590. The molecule has 1 fully saturated rings. The average molecular weight is 390 g/mol. The molecule has 142 valence electrons. The molecule has 2 aliphatic heterocycles. The molecule has 2 heterocycles. The number of thioether (sulfide) groups is 1. The van der Waals surface area contributed by atoms with Crippen molar-refractivity contribution in [1.29, 1.82) is 0 Å². The number of carbonyl (C=O) groups excluding carboxylic acids is 1. The summed E-state index contributed by atoms with van der Waals surface area (Å²) in [6.07, 6.45) is 2.88. The molecule has 1 amide bonds. The van der Waals surface area contributed by atoms with Crippen molar-refractivity contribution in [3.63, 3.8) is 0 Å². The first-order valence-electron chi connectivity index (χ1n) is 9.57. The Hall–Kier alpha value is -2.66. The highest BCUT2D eigenvalue weighted by Crippen LogP contribution is 2.43. The second-order valence-corrected chi connectivity index (χ2v) is 8.01. The van der Waals surface area contributed by atoms with Crippen LogP contribution in [-0.4, -0.2) is 22.5 Å². The van der Waals surface area contributed by atoms with Gasteiger partial charge in [-0.25, -0.2) is 0 Å². The van der Waals surface area contributed by atoms with E-state index >= 15 is 0 Å². The second kappa shape index (κ2) is 8.15. The molecule has 0 radical (unpaired) electrons. The minimum Gasteiger partial charge on any atom is -0.313 e. The van der Waals surface area contributed by atoms with Gasteiger partial charge in [0.05, 0.1) is 16.6 Å². The SMILES string of the molecule is CCN(C(C)=O)c1cccc(C2=CN=C3SC(=NCc4ccccc4)CC23)c1. The molecular formula is C23H23N3OS. The Kier molecular flexibility index (Phi) is 5.44. The van der Waals surface area contributed by atoms with Crippen LogP contribution >= 0.6 is 11.8 Å². The molecule has 28 heavy (non-hydrogen) atoms. The molecule has 4 nitrogen and oxygen atoms in total. The van der Waals surface area contributed by atoms with Crippen LogP contribution in [0.2, 0.25) is 0 Å². The molecule has 0 saturated carbocycles.